The number of ether oxygens (including phenoxy) is 2. The SMILES string of the molecule is CCCCOc1ccc(NC(=O)[C@H](C)Oc2ccc(C)cc2)cc1. The second kappa shape index (κ2) is 8.96. The van der Waals surface area contributed by atoms with E-state index in [1.54, 1.807) is 6.92 Å². The van der Waals surface area contributed by atoms with Crippen molar-refractivity contribution in [3.63, 3.8) is 0 Å². The van der Waals surface area contributed by atoms with Gasteiger partial charge in [0, 0.05) is 5.69 Å². The van der Waals surface area contributed by atoms with E-state index in [1.807, 2.05) is 55.5 Å². The average molecular weight is 327 g/mol. The van der Waals surface area contributed by atoms with Gasteiger partial charge in [0.05, 0.1) is 6.61 Å². The van der Waals surface area contributed by atoms with Crippen LogP contribution in [-0.4, -0.2) is 18.6 Å². The number of anilines is 1. The molecule has 0 spiro atoms. The second-order valence-corrected chi connectivity index (χ2v) is 5.79. The number of hydrogen-bond acceptors (Lipinski definition) is 3. The summed E-state index contributed by atoms with van der Waals surface area (Å²) in [6.45, 7) is 6.58. The largest absolute Gasteiger partial charge is 0.494 e. The highest BCUT2D eigenvalue weighted by atomic mass is 16.5. The lowest BCUT2D eigenvalue weighted by molar-refractivity contribution is -0.122. The zero-order chi connectivity index (χ0) is 17.4. The summed E-state index contributed by atoms with van der Waals surface area (Å²) >= 11 is 0. The number of aryl methyl sites for hydroxylation is 1. The van der Waals surface area contributed by atoms with Crippen LogP contribution in [0, 0.1) is 6.92 Å². The van der Waals surface area contributed by atoms with Crippen LogP contribution in [0.5, 0.6) is 11.5 Å². The second-order valence-electron chi connectivity index (χ2n) is 5.79. The Labute approximate surface area is 143 Å². The molecule has 0 saturated carbocycles. The van der Waals surface area contributed by atoms with Gasteiger partial charge in [0.25, 0.3) is 5.91 Å². The average Bonchev–Trinajstić information content (AvgIpc) is 2.58. The highest BCUT2D eigenvalue weighted by Crippen LogP contribution is 2.17. The summed E-state index contributed by atoms with van der Waals surface area (Å²) in [5.74, 6) is 1.31. The topological polar surface area (TPSA) is 47.6 Å². The predicted octanol–water partition coefficient (Wildman–Crippen LogP) is 4.58. The first kappa shape index (κ1) is 17.9. The minimum Gasteiger partial charge on any atom is -0.494 e. The Morgan fingerprint density at radius 1 is 1.04 bits per heavy atom. The van der Waals surface area contributed by atoms with Gasteiger partial charge in [0.2, 0.25) is 0 Å². The van der Waals surface area contributed by atoms with E-state index >= 15 is 0 Å². The van der Waals surface area contributed by atoms with Gasteiger partial charge in [0.15, 0.2) is 6.10 Å². The maximum atomic E-state index is 12.2. The van der Waals surface area contributed by atoms with Gasteiger partial charge in [-0.3, -0.25) is 4.79 Å². The molecule has 0 aliphatic rings. The van der Waals surface area contributed by atoms with Crippen molar-refractivity contribution in [2.45, 2.75) is 39.7 Å². The molecule has 2 aromatic carbocycles. The summed E-state index contributed by atoms with van der Waals surface area (Å²) < 4.78 is 11.3. The van der Waals surface area contributed by atoms with Crippen LogP contribution in [0.1, 0.15) is 32.3 Å². The lowest BCUT2D eigenvalue weighted by Gasteiger charge is -2.15. The smallest absolute Gasteiger partial charge is 0.265 e. The van der Waals surface area contributed by atoms with E-state index in [1.165, 1.54) is 0 Å². The zero-order valence-corrected chi connectivity index (χ0v) is 14.5. The number of nitrogens with one attached hydrogen (secondary N) is 1. The van der Waals surface area contributed by atoms with Crippen LogP contribution in [0.4, 0.5) is 5.69 Å². The Morgan fingerprint density at radius 2 is 1.67 bits per heavy atom. The van der Waals surface area contributed by atoms with Gasteiger partial charge < -0.3 is 14.8 Å². The summed E-state index contributed by atoms with van der Waals surface area (Å²) in [5.41, 5.74) is 1.88. The van der Waals surface area contributed by atoms with Crippen LogP contribution in [0.15, 0.2) is 48.5 Å². The summed E-state index contributed by atoms with van der Waals surface area (Å²) in [7, 11) is 0. The molecule has 2 rings (SSSR count). The Balaban J connectivity index is 1.85. The molecule has 2 aromatic rings. The van der Waals surface area contributed by atoms with E-state index in [0.29, 0.717) is 12.4 Å². The van der Waals surface area contributed by atoms with E-state index in [-0.39, 0.29) is 5.91 Å². The molecule has 0 aliphatic carbocycles. The van der Waals surface area contributed by atoms with Crippen molar-refractivity contribution in [2.75, 3.05) is 11.9 Å². The van der Waals surface area contributed by atoms with E-state index in [2.05, 4.69) is 12.2 Å². The van der Waals surface area contributed by atoms with E-state index in [0.717, 1.165) is 29.8 Å². The third kappa shape index (κ3) is 5.61. The molecule has 0 aromatic heterocycles. The Bertz CT molecular complexity index is 635. The lowest BCUT2D eigenvalue weighted by atomic mass is 10.2. The quantitative estimate of drug-likeness (QED) is 0.722. The first-order valence-electron chi connectivity index (χ1n) is 8.35. The standard InChI is InChI=1S/C20H25NO3/c1-4-5-14-23-18-12-8-17(9-13-18)21-20(22)16(3)24-19-10-6-15(2)7-11-19/h6-13,16H,4-5,14H2,1-3H3,(H,21,22)/t16-/m0/s1. The fourth-order valence-corrected chi connectivity index (χ4v) is 2.09. The summed E-state index contributed by atoms with van der Waals surface area (Å²) in [5, 5.41) is 2.85. The molecular weight excluding hydrogens is 302 g/mol. The Morgan fingerprint density at radius 3 is 2.29 bits per heavy atom. The van der Waals surface area contributed by atoms with Crippen molar-refractivity contribution in [3.8, 4) is 11.5 Å². The van der Waals surface area contributed by atoms with Gasteiger partial charge in [-0.25, -0.2) is 0 Å². The highest BCUT2D eigenvalue weighted by Gasteiger charge is 2.14. The number of unbranched alkanes of at least 4 members (excludes halogenated alkanes) is 1. The minimum atomic E-state index is -0.576. The molecule has 4 heteroatoms. The molecule has 0 unspecified atom stereocenters. The van der Waals surface area contributed by atoms with Crippen molar-refractivity contribution in [1.82, 2.24) is 0 Å². The van der Waals surface area contributed by atoms with Gasteiger partial charge >= 0.3 is 0 Å². The summed E-state index contributed by atoms with van der Waals surface area (Å²) in [6, 6.07) is 15.0. The molecule has 0 heterocycles. The maximum Gasteiger partial charge on any atom is 0.265 e. The molecule has 0 aliphatic heterocycles. The summed E-state index contributed by atoms with van der Waals surface area (Å²) in [4.78, 5) is 12.2. The zero-order valence-electron chi connectivity index (χ0n) is 14.5. The third-order valence-electron chi connectivity index (χ3n) is 3.59. The molecule has 0 radical (unpaired) electrons. The monoisotopic (exact) mass is 327 g/mol. The molecule has 1 N–H and O–H groups in total. The van der Waals surface area contributed by atoms with Crippen LogP contribution in [0.2, 0.25) is 0 Å². The first-order chi connectivity index (χ1) is 11.6. The normalized spacial score (nSPS) is 11.6. The minimum absolute atomic E-state index is 0.185. The number of carbonyl (C=O) groups is 1. The molecule has 128 valence electrons. The number of rotatable bonds is 8. The van der Waals surface area contributed by atoms with E-state index in [9.17, 15) is 4.79 Å². The van der Waals surface area contributed by atoms with Crippen molar-refractivity contribution in [3.05, 3.63) is 54.1 Å². The Kier molecular flexibility index (Phi) is 6.67. The molecule has 0 fully saturated rings. The fraction of sp³-hybridized carbons (Fsp3) is 0.350. The molecule has 0 saturated heterocycles. The van der Waals surface area contributed by atoms with Crippen LogP contribution in [-0.2, 0) is 4.79 Å². The van der Waals surface area contributed by atoms with Crippen LogP contribution in [0.25, 0.3) is 0 Å². The van der Waals surface area contributed by atoms with Gasteiger partial charge in [-0.15, -0.1) is 0 Å². The van der Waals surface area contributed by atoms with Crippen molar-refractivity contribution in [1.29, 1.82) is 0 Å². The number of hydrogen-bond donors (Lipinski definition) is 1. The number of benzene rings is 2. The lowest BCUT2D eigenvalue weighted by Crippen LogP contribution is -2.30. The van der Waals surface area contributed by atoms with Gasteiger partial charge in [-0.1, -0.05) is 31.0 Å². The van der Waals surface area contributed by atoms with E-state index in [4.69, 9.17) is 9.47 Å². The van der Waals surface area contributed by atoms with Crippen LogP contribution < -0.4 is 14.8 Å². The van der Waals surface area contributed by atoms with Crippen molar-refractivity contribution < 1.29 is 14.3 Å². The van der Waals surface area contributed by atoms with Crippen molar-refractivity contribution >= 4 is 11.6 Å². The predicted molar refractivity (Wildman–Crippen MR) is 96.7 cm³/mol. The third-order valence-corrected chi connectivity index (χ3v) is 3.59. The fourth-order valence-electron chi connectivity index (χ4n) is 2.09. The molecule has 24 heavy (non-hydrogen) atoms. The molecule has 1 atom stereocenters. The number of amides is 1. The maximum absolute atomic E-state index is 12.2. The van der Waals surface area contributed by atoms with Gasteiger partial charge in [0.1, 0.15) is 11.5 Å². The van der Waals surface area contributed by atoms with Gasteiger partial charge in [-0.2, -0.15) is 0 Å². The van der Waals surface area contributed by atoms with Crippen molar-refractivity contribution in [2.24, 2.45) is 0 Å². The van der Waals surface area contributed by atoms with Gasteiger partial charge in [-0.05, 0) is 56.7 Å². The van der Waals surface area contributed by atoms with Crippen LogP contribution >= 0.6 is 0 Å². The molecule has 0 bridgehead atoms. The highest BCUT2D eigenvalue weighted by molar-refractivity contribution is 5.94. The molecule has 1 amide bonds. The molecular formula is C20H25NO3. The summed E-state index contributed by atoms with van der Waals surface area (Å²) in [6.07, 6.45) is 1.56. The first-order valence-corrected chi connectivity index (χ1v) is 8.35. The number of carbonyl (C=O) groups excluding carboxylic acids is 1. The molecule has 4 nitrogen and oxygen atoms in total. The Hall–Kier alpha value is -2.49. The van der Waals surface area contributed by atoms with Crippen LogP contribution in [0.3, 0.4) is 0 Å². The van der Waals surface area contributed by atoms with E-state index < -0.39 is 6.10 Å².